The van der Waals surface area contributed by atoms with Crippen molar-refractivity contribution in [3.63, 3.8) is 0 Å². The number of halogens is 3. The molecule has 8 heteroatoms. The molecule has 0 radical (unpaired) electrons. The Kier molecular flexibility index (Phi) is 6.06. The summed E-state index contributed by atoms with van der Waals surface area (Å²) in [5, 5.41) is 13.5. The van der Waals surface area contributed by atoms with Gasteiger partial charge in [-0.25, -0.2) is 18.2 Å². The molecule has 0 bridgehead atoms. The van der Waals surface area contributed by atoms with Crippen LogP contribution in [0.2, 0.25) is 0 Å². The van der Waals surface area contributed by atoms with Crippen molar-refractivity contribution in [3.8, 4) is 22.5 Å². The van der Waals surface area contributed by atoms with Gasteiger partial charge in [-0.15, -0.1) is 0 Å². The third kappa shape index (κ3) is 4.59. The first kappa shape index (κ1) is 24.6. The van der Waals surface area contributed by atoms with E-state index in [-0.39, 0.29) is 34.0 Å². The molecule has 0 unspecified atom stereocenters. The van der Waals surface area contributed by atoms with Crippen molar-refractivity contribution in [1.82, 2.24) is 9.71 Å². The molecular weight excluding hydrogens is 479 g/mol. The number of carbonyl (C=O) groups excluding carboxylic acids is 1. The molecule has 1 amide bonds. The fourth-order valence-electron chi connectivity index (χ4n) is 4.77. The summed E-state index contributed by atoms with van der Waals surface area (Å²) in [6.45, 7) is 5.40. The molecule has 4 aromatic rings. The van der Waals surface area contributed by atoms with Crippen molar-refractivity contribution in [1.29, 1.82) is 0 Å². The molecule has 0 spiro atoms. The first-order valence-electron chi connectivity index (χ1n) is 12.0. The molecule has 5 rings (SSSR count). The number of imidazole rings is 1. The molecule has 1 heterocycles. The summed E-state index contributed by atoms with van der Waals surface area (Å²) in [4.78, 5) is 17.4. The third-order valence-corrected chi connectivity index (χ3v) is 6.77. The van der Waals surface area contributed by atoms with Crippen LogP contribution >= 0.6 is 0 Å². The highest BCUT2D eigenvalue weighted by atomic mass is 19.3. The molecule has 1 fully saturated rings. The number of hydrogen-bond acceptors (Lipinski definition) is 3. The molecule has 1 aliphatic rings. The van der Waals surface area contributed by atoms with E-state index in [2.05, 4.69) is 10.3 Å². The maximum atomic E-state index is 14.7. The fraction of sp³-hybridized carbons (Fsp3) is 0.241. The van der Waals surface area contributed by atoms with Crippen LogP contribution in [0.1, 0.15) is 45.7 Å². The molecule has 0 aliphatic heterocycles. The van der Waals surface area contributed by atoms with Crippen molar-refractivity contribution >= 4 is 11.6 Å². The van der Waals surface area contributed by atoms with Crippen LogP contribution in [-0.4, -0.2) is 20.8 Å². The van der Waals surface area contributed by atoms with E-state index in [4.69, 9.17) is 0 Å². The van der Waals surface area contributed by atoms with Crippen LogP contribution in [0.4, 0.5) is 18.9 Å². The van der Waals surface area contributed by atoms with Gasteiger partial charge in [0.25, 0.3) is 11.8 Å². The summed E-state index contributed by atoms with van der Waals surface area (Å²) in [6, 6.07) is 15.7. The number of nitrogens with one attached hydrogen (secondary N) is 1. The highest BCUT2D eigenvalue weighted by Gasteiger charge is 2.48. The quantitative estimate of drug-likeness (QED) is 0.271. The highest BCUT2D eigenvalue weighted by Crippen LogP contribution is 2.49. The van der Waals surface area contributed by atoms with E-state index < -0.39 is 23.6 Å². The number of carbonyl (C=O) groups is 1. The molecule has 3 aromatic carbocycles. The molecule has 2 N–H and O–H groups in total. The molecule has 0 saturated heterocycles. The van der Waals surface area contributed by atoms with E-state index in [1.165, 1.54) is 43.3 Å². The SMILES string of the molecule is Cc1cccc(C)c1-c1cc(F)cc(-c2nc(C)c(C(=O)Nc3cccc(C(F)(F)C4CC4)c3)n2O)c1. The van der Waals surface area contributed by atoms with E-state index in [1.807, 2.05) is 32.0 Å². The number of aryl methyl sites for hydroxylation is 3. The molecular formula is C29H26F3N3O2. The zero-order chi connectivity index (χ0) is 26.5. The standard InChI is InChI=1S/C29H26F3N3O2/c1-16-6-4-7-17(2)25(16)19-12-20(14-23(30)13-19)27-33-18(3)26(35(27)37)28(36)34-24-9-5-8-22(15-24)29(31,32)21-10-11-21/h4-9,12-15,21,37H,10-11H2,1-3H3,(H,34,36). The fourth-order valence-corrected chi connectivity index (χ4v) is 4.77. The number of rotatable bonds is 6. The van der Waals surface area contributed by atoms with Gasteiger partial charge in [-0.1, -0.05) is 30.3 Å². The van der Waals surface area contributed by atoms with Crippen molar-refractivity contribution in [3.05, 3.63) is 94.6 Å². The third-order valence-electron chi connectivity index (χ3n) is 6.77. The zero-order valence-corrected chi connectivity index (χ0v) is 20.6. The molecule has 1 aromatic heterocycles. The van der Waals surface area contributed by atoms with Crippen molar-refractivity contribution in [2.75, 3.05) is 5.32 Å². The highest BCUT2D eigenvalue weighted by molar-refractivity contribution is 6.04. The van der Waals surface area contributed by atoms with Crippen LogP contribution in [0.3, 0.4) is 0 Å². The summed E-state index contributed by atoms with van der Waals surface area (Å²) < 4.78 is 44.4. The Morgan fingerprint density at radius 2 is 1.65 bits per heavy atom. The van der Waals surface area contributed by atoms with E-state index in [1.54, 1.807) is 6.07 Å². The van der Waals surface area contributed by atoms with Crippen LogP contribution in [-0.2, 0) is 5.92 Å². The lowest BCUT2D eigenvalue weighted by Crippen LogP contribution is -2.19. The summed E-state index contributed by atoms with van der Waals surface area (Å²) in [5.41, 5.74) is 3.74. The monoisotopic (exact) mass is 505 g/mol. The Morgan fingerprint density at radius 3 is 2.32 bits per heavy atom. The number of hydrogen-bond donors (Lipinski definition) is 2. The number of benzene rings is 3. The second kappa shape index (κ2) is 9.10. The summed E-state index contributed by atoms with van der Waals surface area (Å²) >= 11 is 0. The van der Waals surface area contributed by atoms with Gasteiger partial charge >= 0.3 is 0 Å². The maximum Gasteiger partial charge on any atom is 0.277 e. The molecule has 37 heavy (non-hydrogen) atoms. The maximum absolute atomic E-state index is 14.7. The van der Waals surface area contributed by atoms with Gasteiger partial charge in [0.05, 0.1) is 5.69 Å². The molecule has 190 valence electrons. The molecule has 5 nitrogen and oxygen atoms in total. The van der Waals surface area contributed by atoms with Gasteiger partial charge in [-0.2, -0.15) is 4.73 Å². The topological polar surface area (TPSA) is 67.2 Å². The largest absolute Gasteiger partial charge is 0.426 e. The molecule has 1 aliphatic carbocycles. The van der Waals surface area contributed by atoms with E-state index in [0.29, 0.717) is 23.1 Å². The molecule has 1 saturated carbocycles. The van der Waals surface area contributed by atoms with Gasteiger partial charge in [0.2, 0.25) is 0 Å². The van der Waals surface area contributed by atoms with Gasteiger partial charge in [0.15, 0.2) is 11.5 Å². The Morgan fingerprint density at radius 1 is 1.00 bits per heavy atom. The van der Waals surface area contributed by atoms with Gasteiger partial charge in [0.1, 0.15) is 5.82 Å². The first-order chi connectivity index (χ1) is 17.6. The number of anilines is 1. The van der Waals surface area contributed by atoms with Crippen molar-refractivity contribution in [2.45, 2.75) is 39.5 Å². The minimum Gasteiger partial charge on any atom is -0.426 e. The Bertz CT molecular complexity index is 1500. The predicted molar refractivity (Wildman–Crippen MR) is 135 cm³/mol. The Labute approximate surface area is 212 Å². The van der Waals surface area contributed by atoms with Gasteiger partial charge in [-0.05, 0) is 86.2 Å². The number of alkyl halides is 2. The number of nitrogens with zero attached hydrogens (tertiary/aromatic N) is 2. The van der Waals surface area contributed by atoms with E-state index in [0.717, 1.165) is 16.7 Å². The minimum absolute atomic E-state index is 0.0105. The minimum atomic E-state index is -2.97. The Hall–Kier alpha value is -4.07. The zero-order valence-electron chi connectivity index (χ0n) is 20.6. The second-order valence-electron chi connectivity index (χ2n) is 9.61. The average molecular weight is 506 g/mol. The average Bonchev–Trinajstić information content (AvgIpc) is 3.64. The summed E-state index contributed by atoms with van der Waals surface area (Å²) in [5.74, 6) is -4.90. The predicted octanol–water partition coefficient (Wildman–Crippen LogP) is 7.27. The first-order valence-corrected chi connectivity index (χ1v) is 12.0. The van der Waals surface area contributed by atoms with Gasteiger partial charge in [0, 0.05) is 22.7 Å². The summed E-state index contributed by atoms with van der Waals surface area (Å²) in [6.07, 6.45) is 0.945. The van der Waals surface area contributed by atoms with Crippen LogP contribution in [0.25, 0.3) is 22.5 Å². The van der Waals surface area contributed by atoms with Gasteiger partial charge < -0.3 is 10.5 Å². The lowest BCUT2D eigenvalue weighted by atomic mass is 9.94. The Balaban J connectivity index is 1.47. The smallest absolute Gasteiger partial charge is 0.277 e. The van der Waals surface area contributed by atoms with E-state index in [9.17, 15) is 23.2 Å². The summed E-state index contributed by atoms with van der Waals surface area (Å²) in [7, 11) is 0. The van der Waals surface area contributed by atoms with E-state index >= 15 is 0 Å². The van der Waals surface area contributed by atoms with Crippen LogP contribution in [0.5, 0.6) is 0 Å². The van der Waals surface area contributed by atoms with Crippen LogP contribution in [0.15, 0.2) is 60.7 Å². The lowest BCUT2D eigenvalue weighted by Gasteiger charge is -2.17. The second-order valence-corrected chi connectivity index (χ2v) is 9.61. The van der Waals surface area contributed by atoms with Crippen molar-refractivity contribution < 1.29 is 23.2 Å². The van der Waals surface area contributed by atoms with Gasteiger partial charge in [-0.3, -0.25) is 4.79 Å². The number of aromatic nitrogens is 2. The number of amides is 1. The lowest BCUT2D eigenvalue weighted by molar-refractivity contribution is -0.0285. The van der Waals surface area contributed by atoms with Crippen molar-refractivity contribution in [2.24, 2.45) is 5.92 Å². The normalized spacial score (nSPS) is 13.6. The molecule has 0 atom stereocenters. The van der Waals surface area contributed by atoms with Crippen LogP contribution < -0.4 is 5.32 Å². The van der Waals surface area contributed by atoms with Crippen LogP contribution in [0, 0.1) is 32.5 Å².